The number of ether oxygens (including phenoxy) is 2. The summed E-state index contributed by atoms with van der Waals surface area (Å²) >= 11 is 1.64. The molecule has 6 nitrogen and oxygen atoms in total. The molecule has 0 bridgehead atoms. The molecule has 1 aliphatic heterocycles. The van der Waals surface area contributed by atoms with Gasteiger partial charge in [-0.25, -0.2) is 4.98 Å². The van der Waals surface area contributed by atoms with E-state index in [9.17, 15) is 4.79 Å². The molecule has 1 amide bonds. The Morgan fingerprint density at radius 2 is 2.17 bits per heavy atom. The first-order valence-electron chi connectivity index (χ1n) is 9.66. The first-order valence-corrected chi connectivity index (χ1v) is 10.5. The van der Waals surface area contributed by atoms with Crippen LogP contribution in [0.15, 0.2) is 42.5 Å². The van der Waals surface area contributed by atoms with Gasteiger partial charge in [-0.2, -0.15) is 0 Å². The molecule has 3 aromatic rings. The maximum Gasteiger partial charge on any atom is 0.236 e. The molecule has 0 radical (unpaired) electrons. The van der Waals surface area contributed by atoms with E-state index < -0.39 is 0 Å². The molecule has 2 heterocycles. The number of thiazole rings is 1. The third kappa shape index (κ3) is 4.52. The van der Waals surface area contributed by atoms with Gasteiger partial charge in [0.2, 0.25) is 5.91 Å². The van der Waals surface area contributed by atoms with Crippen LogP contribution in [-0.2, 0) is 17.9 Å². The number of hydrogen-bond acceptors (Lipinski definition) is 6. The summed E-state index contributed by atoms with van der Waals surface area (Å²) in [6.07, 6.45) is -0.00859. The third-order valence-electron chi connectivity index (χ3n) is 5.01. The summed E-state index contributed by atoms with van der Waals surface area (Å²) in [5.41, 5.74) is 2.05. The first-order chi connectivity index (χ1) is 14.0. The van der Waals surface area contributed by atoms with Crippen molar-refractivity contribution in [2.45, 2.75) is 26.1 Å². The van der Waals surface area contributed by atoms with Gasteiger partial charge in [0, 0.05) is 31.8 Å². The summed E-state index contributed by atoms with van der Waals surface area (Å²) in [5.74, 6) is 1.68. The Hall–Kier alpha value is -2.64. The summed E-state index contributed by atoms with van der Waals surface area (Å²) < 4.78 is 12.5. The van der Waals surface area contributed by atoms with Crippen LogP contribution in [0.4, 0.5) is 0 Å². The van der Waals surface area contributed by atoms with E-state index >= 15 is 0 Å². The Labute approximate surface area is 174 Å². The summed E-state index contributed by atoms with van der Waals surface area (Å²) in [6, 6.07) is 13.9. The van der Waals surface area contributed by atoms with Crippen molar-refractivity contribution in [2.24, 2.45) is 0 Å². The fourth-order valence-corrected chi connectivity index (χ4v) is 4.56. The predicted octanol–water partition coefficient (Wildman–Crippen LogP) is 3.55. The van der Waals surface area contributed by atoms with Crippen molar-refractivity contribution < 1.29 is 14.3 Å². The second-order valence-corrected chi connectivity index (χ2v) is 8.51. The van der Waals surface area contributed by atoms with Crippen LogP contribution in [0.2, 0.25) is 0 Å². The zero-order valence-corrected chi connectivity index (χ0v) is 17.7. The topological polar surface area (TPSA) is 54.9 Å². The molecule has 1 unspecified atom stereocenters. The number of carbonyl (C=O) groups is 1. The van der Waals surface area contributed by atoms with Gasteiger partial charge in [0.05, 0.1) is 30.4 Å². The van der Waals surface area contributed by atoms with Gasteiger partial charge in [-0.15, -0.1) is 11.3 Å². The number of methoxy groups -OCH3 is 1. The minimum absolute atomic E-state index is 0.00859. The van der Waals surface area contributed by atoms with Crippen molar-refractivity contribution in [3.8, 4) is 11.5 Å². The highest BCUT2D eigenvalue weighted by molar-refractivity contribution is 7.18. The number of rotatable bonds is 5. The fraction of sp³-hybridized carbons (Fsp3) is 0.364. The highest BCUT2D eigenvalue weighted by atomic mass is 32.1. The summed E-state index contributed by atoms with van der Waals surface area (Å²) in [4.78, 5) is 21.4. The Morgan fingerprint density at radius 3 is 2.97 bits per heavy atom. The van der Waals surface area contributed by atoms with E-state index in [4.69, 9.17) is 9.47 Å². The van der Waals surface area contributed by atoms with E-state index in [2.05, 4.69) is 16.0 Å². The Kier molecular flexibility index (Phi) is 5.69. The molecular weight excluding hydrogens is 386 g/mol. The van der Waals surface area contributed by atoms with Gasteiger partial charge in [-0.3, -0.25) is 9.69 Å². The number of nitrogens with zero attached hydrogens (tertiary/aromatic N) is 3. The second-order valence-electron chi connectivity index (χ2n) is 7.40. The normalized spacial score (nSPS) is 16.7. The molecule has 2 aromatic carbocycles. The maximum atomic E-state index is 12.9. The Morgan fingerprint density at radius 1 is 1.34 bits per heavy atom. The van der Waals surface area contributed by atoms with Gasteiger partial charge in [-0.1, -0.05) is 18.2 Å². The van der Waals surface area contributed by atoms with E-state index in [0.717, 1.165) is 32.3 Å². The lowest BCUT2D eigenvalue weighted by Crippen LogP contribution is -2.40. The number of hydrogen-bond donors (Lipinski definition) is 0. The number of benzene rings is 2. The number of likely N-dealkylation sites (N-methyl/N-ethyl adjacent to an activating group) is 1. The number of fused-ring (bicyclic) bond motifs is 2. The van der Waals surface area contributed by atoms with Crippen molar-refractivity contribution >= 4 is 27.5 Å². The van der Waals surface area contributed by atoms with Crippen molar-refractivity contribution in [1.29, 1.82) is 0 Å². The van der Waals surface area contributed by atoms with Crippen LogP contribution in [0, 0.1) is 0 Å². The Balaban J connectivity index is 1.42. The van der Waals surface area contributed by atoms with Crippen molar-refractivity contribution in [1.82, 2.24) is 14.8 Å². The van der Waals surface area contributed by atoms with Gasteiger partial charge >= 0.3 is 0 Å². The minimum atomic E-state index is -0.00859. The smallest absolute Gasteiger partial charge is 0.236 e. The second kappa shape index (κ2) is 8.39. The molecule has 29 heavy (non-hydrogen) atoms. The lowest BCUT2D eigenvalue weighted by atomic mass is 10.2. The van der Waals surface area contributed by atoms with Gasteiger partial charge < -0.3 is 14.4 Å². The van der Waals surface area contributed by atoms with Gasteiger partial charge in [-0.05, 0) is 25.1 Å². The average molecular weight is 412 g/mol. The van der Waals surface area contributed by atoms with Gasteiger partial charge in [0.25, 0.3) is 0 Å². The van der Waals surface area contributed by atoms with Crippen LogP contribution in [0.5, 0.6) is 11.5 Å². The number of aromatic nitrogens is 1. The van der Waals surface area contributed by atoms with E-state index in [-0.39, 0.29) is 12.0 Å². The molecule has 0 N–H and O–H groups in total. The molecule has 0 saturated carbocycles. The summed E-state index contributed by atoms with van der Waals surface area (Å²) in [7, 11) is 3.49. The van der Waals surface area contributed by atoms with Crippen molar-refractivity contribution in [3.05, 3.63) is 53.0 Å². The lowest BCUT2D eigenvalue weighted by Gasteiger charge is -2.24. The molecule has 1 aromatic heterocycles. The number of carbonyl (C=O) groups excluding carboxylic acids is 1. The highest BCUT2D eigenvalue weighted by Crippen LogP contribution is 2.29. The van der Waals surface area contributed by atoms with Crippen LogP contribution in [0.3, 0.4) is 0 Å². The SMILES string of the molecule is COc1ccc2c(c1)OC(C)CN(CC(=O)N(C)Cc1nc3ccccc3s1)C2. The molecule has 0 fully saturated rings. The number of amides is 1. The Bertz CT molecular complexity index is 986. The van der Waals surface area contributed by atoms with Crippen molar-refractivity contribution in [3.63, 3.8) is 0 Å². The van der Waals surface area contributed by atoms with Gasteiger partial charge in [0.1, 0.15) is 22.6 Å². The minimum Gasteiger partial charge on any atom is -0.497 e. The summed E-state index contributed by atoms with van der Waals surface area (Å²) in [5, 5.41) is 0.951. The molecule has 0 saturated heterocycles. The van der Waals surface area contributed by atoms with Gasteiger partial charge in [0.15, 0.2) is 0 Å². The van der Waals surface area contributed by atoms with Crippen LogP contribution in [0.25, 0.3) is 10.2 Å². The van der Waals surface area contributed by atoms with Crippen LogP contribution >= 0.6 is 11.3 Å². The fourth-order valence-electron chi connectivity index (χ4n) is 3.54. The van der Waals surface area contributed by atoms with E-state index in [1.165, 1.54) is 0 Å². The van der Waals surface area contributed by atoms with E-state index in [1.807, 2.05) is 50.4 Å². The van der Waals surface area contributed by atoms with E-state index in [0.29, 0.717) is 26.2 Å². The molecule has 7 heteroatoms. The van der Waals surface area contributed by atoms with Crippen LogP contribution in [-0.4, -0.2) is 54.0 Å². The predicted molar refractivity (Wildman–Crippen MR) is 114 cm³/mol. The molecule has 1 aliphatic rings. The molecular formula is C22H25N3O3S. The quantitative estimate of drug-likeness (QED) is 0.643. The van der Waals surface area contributed by atoms with Crippen LogP contribution in [0.1, 0.15) is 17.5 Å². The summed E-state index contributed by atoms with van der Waals surface area (Å²) in [6.45, 7) is 4.26. The first kappa shape index (κ1) is 19.7. The largest absolute Gasteiger partial charge is 0.497 e. The van der Waals surface area contributed by atoms with Crippen LogP contribution < -0.4 is 9.47 Å². The average Bonchev–Trinajstić information content (AvgIpc) is 3.03. The molecule has 0 spiro atoms. The standard InChI is InChI=1S/C22H25N3O3S/c1-15-11-25(12-16-8-9-17(27-3)10-19(16)28-15)14-22(26)24(2)13-21-23-18-6-4-5-7-20(18)29-21/h4-10,15H,11-14H2,1-3H3. The molecule has 4 rings (SSSR count). The monoisotopic (exact) mass is 411 g/mol. The number of para-hydroxylation sites is 1. The van der Waals surface area contributed by atoms with E-state index in [1.54, 1.807) is 23.3 Å². The lowest BCUT2D eigenvalue weighted by molar-refractivity contribution is -0.131. The zero-order chi connectivity index (χ0) is 20.4. The molecule has 1 atom stereocenters. The highest BCUT2D eigenvalue weighted by Gasteiger charge is 2.23. The molecule has 152 valence electrons. The zero-order valence-electron chi connectivity index (χ0n) is 16.9. The van der Waals surface area contributed by atoms with Crippen molar-refractivity contribution in [2.75, 3.05) is 27.2 Å². The maximum absolute atomic E-state index is 12.9. The molecule has 0 aliphatic carbocycles. The third-order valence-corrected chi connectivity index (χ3v) is 6.03.